The number of hydrogen-bond acceptors (Lipinski definition) is 4. The molecule has 0 saturated heterocycles. The van der Waals surface area contributed by atoms with Gasteiger partial charge in [-0.2, -0.15) is 4.37 Å². The van der Waals surface area contributed by atoms with Crippen LogP contribution in [0.5, 0.6) is 5.75 Å². The number of carboxylic acid groups (broad SMARTS) is 1. The zero-order valence-electron chi connectivity index (χ0n) is 17.3. The Kier molecular flexibility index (Phi) is 7.00. The minimum Gasteiger partial charge on any atom is -0.483 e. The van der Waals surface area contributed by atoms with Crippen LogP contribution in [0.1, 0.15) is 47.8 Å². The molecule has 0 fully saturated rings. The highest BCUT2D eigenvalue weighted by Crippen LogP contribution is 2.36. The molecule has 3 aromatic rings. The van der Waals surface area contributed by atoms with E-state index in [1.165, 1.54) is 17.6 Å². The molecule has 0 amide bonds. The van der Waals surface area contributed by atoms with Gasteiger partial charge in [0.2, 0.25) is 0 Å². The van der Waals surface area contributed by atoms with Gasteiger partial charge >= 0.3 is 5.97 Å². The fourth-order valence-electron chi connectivity index (χ4n) is 3.23. The Bertz CT molecular complexity index is 1090. The predicted molar refractivity (Wildman–Crippen MR) is 113 cm³/mol. The van der Waals surface area contributed by atoms with Crippen molar-refractivity contribution in [3.63, 3.8) is 0 Å². The van der Waals surface area contributed by atoms with Crippen LogP contribution in [-0.2, 0) is 17.8 Å². The summed E-state index contributed by atoms with van der Waals surface area (Å²) in [4.78, 5) is 11.5. The second-order valence-corrected chi connectivity index (χ2v) is 8.39. The number of nitrogens with zero attached hydrogens (tertiary/aromatic N) is 1. The molecule has 164 valence electrons. The van der Waals surface area contributed by atoms with Crippen LogP contribution in [0.25, 0.3) is 11.3 Å². The summed E-state index contributed by atoms with van der Waals surface area (Å²) in [6.45, 7) is 5.49. The standard InChI is InChI=1S/C23H22F3NO3S/c1-12(2)23-16(21(27-31-23)15-6-4-13(3)8-17(15)24)11-30-22-18(25)9-14(10-19(22)26)5-7-20(28)29/h4,6,8-10,12H,5,7,11H2,1-3H3,(H,28,29). The molecule has 0 atom stereocenters. The Morgan fingerprint density at radius 3 is 2.39 bits per heavy atom. The molecule has 0 aliphatic carbocycles. The summed E-state index contributed by atoms with van der Waals surface area (Å²) in [5, 5.41) is 8.74. The van der Waals surface area contributed by atoms with Crippen LogP contribution in [0.3, 0.4) is 0 Å². The number of carbonyl (C=O) groups is 1. The van der Waals surface area contributed by atoms with Crippen molar-refractivity contribution in [1.82, 2.24) is 4.37 Å². The Hall–Kier alpha value is -2.87. The van der Waals surface area contributed by atoms with Crippen molar-refractivity contribution in [2.75, 3.05) is 0 Å². The van der Waals surface area contributed by atoms with E-state index in [-0.39, 0.29) is 30.9 Å². The summed E-state index contributed by atoms with van der Waals surface area (Å²) < 4.78 is 53.4. The molecular formula is C23H22F3NO3S. The summed E-state index contributed by atoms with van der Waals surface area (Å²) in [6.07, 6.45) is -0.227. The van der Waals surface area contributed by atoms with Crippen molar-refractivity contribution in [3.8, 4) is 17.0 Å². The highest BCUT2D eigenvalue weighted by Gasteiger charge is 2.22. The number of carboxylic acids is 1. The van der Waals surface area contributed by atoms with Gasteiger partial charge in [-0.1, -0.05) is 19.9 Å². The van der Waals surface area contributed by atoms with Crippen molar-refractivity contribution in [3.05, 3.63) is 69.4 Å². The first-order valence-corrected chi connectivity index (χ1v) is 10.5. The number of benzene rings is 2. The van der Waals surface area contributed by atoms with Gasteiger partial charge in [0.1, 0.15) is 12.4 Å². The van der Waals surface area contributed by atoms with E-state index in [9.17, 15) is 18.0 Å². The molecule has 0 saturated carbocycles. The van der Waals surface area contributed by atoms with E-state index < -0.39 is 29.2 Å². The third-order valence-electron chi connectivity index (χ3n) is 4.77. The molecule has 0 radical (unpaired) electrons. The lowest BCUT2D eigenvalue weighted by atomic mass is 10.0. The zero-order valence-corrected chi connectivity index (χ0v) is 18.2. The first kappa shape index (κ1) is 22.8. The van der Waals surface area contributed by atoms with Crippen LogP contribution in [0.4, 0.5) is 13.2 Å². The van der Waals surface area contributed by atoms with Crippen molar-refractivity contribution in [2.45, 2.75) is 46.1 Å². The summed E-state index contributed by atoms with van der Waals surface area (Å²) >= 11 is 1.21. The normalized spacial score (nSPS) is 11.2. The average molecular weight is 449 g/mol. The molecule has 2 aromatic carbocycles. The Morgan fingerprint density at radius 1 is 1.13 bits per heavy atom. The molecule has 31 heavy (non-hydrogen) atoms. The third-order valence-corrected chi connectivity index (χ3v) is 5.96. The van der Waals surface area contributed by atoms with Gasteiger partial charge in [0.15, 0.2) is 17.4 Å². The fraction of sp³-hybridized carbons (Fsp3) is 0.304. The lowest BCUT2D eigenvalue weighted by molar-refractivity contribution is -0.136. The summed E-state index contributed by atoms with van der Waals surface area (Å²) in [5.41, 5.74) is 2.27. The Morgan fingerprint density at radius 2 is 1.81 bits per heavy atom. The topological polar surface area (TPSA) is 59.4 Å². The molecule has 0 bridgehead atoms. The maximum absolute atomic E-state index is 14.6. The van der Waals surface area contributed by atoms with E-state index in [4.69, 9.17) is 9.84 Å². The number of ether oxygens (including phenoxy) is 1. The molecular weight excluding hydrogens is 427 g/mol. The summed E-state index contributed by atoms with van der Waals surface area (Å²) in [7, 11) is 0. The molecule has 0 aliphatic rings. The summed E-state index contributed by atoms with van der Waals surface area (Å²) in [5.74, 6) is -3.82. The van der Waals surface area contributed by atoms with Gasteiger partial charge in [-0.25, -0.2) is 13.2 Å². The number of hydrogen-bond donors (Lipinski definition) is 1. The minimum atomic E-state index is -1.05. The van der Waals surface area contributed by atoms with E-state index in [1.807, 2.05) is 13.8 Å². The number of aliphatic carboxylic acids is 1. The van der Waals surface area contributed by atoms with Gasteiger partial charge in [0.05, 0.1) is 5.69 Å². The van der Waals surface area contributed by atoms with Gasteiger partial charge in [0.25, 0.3) is 0 Å². The molecule has 0 aliphatic heterocycles. The maximum atomic E-state index is 14.6. The molecule has 1 heterocycles. The van der Waals surface area contributed by atoms with Crippen LogP contribution < -0.4 is 4.74 Å². The lowest BCUT2D eigenvalue weighted by Crippen LogP contribution is -2.05. The number of aromatic nitrogens is 1. The van der Waals surface area contributed by atoms with Crippen molar-refractivity contribution in [1.29, 1.82) is 0 Å². The van der Waals surface area contributed by atoms with E-state index in [0.717, 1.165) is 22.6 Å². The Labute approximate surface area is 182 Å². The molecule has 0 unspecified atom stereocenters. The largest absolute Gasteiger partial charge is 0.483 e. The average Bonchev–Trinajstić information content (AvgIpc) is 3.09. The Balaban J connectivity index is 1.91. The van der Waals surface area contributed by atoms with E-state index in [2.05, 4.69) is 4.37 Å². The molecule has 4 nitrogen and oxygen atoms in total. The molecule has 1 N–H and O–H groups in total. The van der Waals surface area contributed by atoms with Crippen LogP contribution in [0, 0.1) is 24.4 Å². The van der Waals surface area contributed by atoms with Crippen LogP contribution >= 0.6 is 11.5 Å². The molecule has 1 aromatic heterocycles. The number of rotatable bonds is 8. The highest BCUT2D eigenvalue weighted by atomic mass is 32.1. The first-order valence-electron chi connectivity index (χ1n) is 9.74. The van der Waals surface area contributed by atoms with Gasteiger partial charge in [-0.3, -0.25) is 4.79 Å². The number of halogens is 3. The van der Waals surface area contributed by atoms with Crippen molar-refractivity contribution >= 4 is 17.5 Å². The fourth-order valence-corrected chi connectivity index (χ4v) is 4.10. The quantitative estimate of drug-likeness (QED) is 0.441. The van der Waals surface area contributed by atoms with Gasteiger partial charge in [-0.15, -0.1) is 0 Å². The first-order chi connectivity index (χ1) is 14.7. The SMILES string of the molecule is Cc1ccc(-c2nsc(C(C)C)c2COc2c(F)cc(CCC(=O)O)cc2F)c(F)c1. The van der Waals surface area contributed by atoms with Crippen molar-refractivity contribution < 1.29 is 27.8 Å². The van der Waals surface area contributed by atoms with Crippen LogP contribution in [0.15, 0.2) is 30.3 Å². The predicted octanol–water partition coefficient (Wildman–Crippen LogP) is 6.26. The highest BCUT2D eigenvalue weighted by molar-refractivity contribution is 7.06. The third kappa shape index (κ3) is 5.25. The van der Waals surface area contributed by atoms with Gasteiger partial charge in [0, 0.05) is 22.4 Å². The van der Waals surface area contributed by atoms with Crippen molar-refractivity contribution in [2.24, 2.45) is 0 Å². The molecule has 8 heteroatoms. The van der Waals surface area contributed by atoms with Crippen LogP contribution in [0.2, 0.25) is 0 Å². The second kappa shape index (κ2) is 9.51. The minimum absolute atomic E-state index is 0.00620. The number of aryl methyl sites for hydroxylation is 2. The summed E-state index contributed by atoms with van der Waals surface area (Å²) in [6, 6.07) is 6.94. The maximum Gasteiger partial charge on any atom is 0.303 e. The zero-order chi connectivity index (χ0) is 22.7. The van der Waals surface area contributed by atoms with Gasteiger partial charge in [-0.05, 0) is 66.2 Å². The van der Waals surface area contributed by atoms with E-state index in [1.54, 1.807) is 19.1 Å². The lowest BCUT2D eigenvalue weighted by Gasteiger charge is -2.13. The van der Waals surface area contributed by atoms with E-state index >= 15 is 0 Å². The van der Waals surface area contributed by atoms with Crippen LogP contribution in [-0.4, -0.2) is 15.4 Å². The molecule has 0 spiro atoms. The smallest absolute Gasteiger partial charge is 0.303 e. The second-order valence-electron chi connectivity index (χ2n) is 7.58. The monoisotopic (exact) mass is 449 g/mol. The van der Waals surface area contributed by atoms with Gasteiger partial charge < -0.3 is 9.84 Å². The van der Waals surface area contributed by atoms with E-state index in [0.29, 0.717) is 16.8 Å². The molecule has 3 rings (SSSR count).